The number of amides is 1. The van der Waals surface area contributed by atoms with Crippen LogP contribution in [-0.4, -0.2) is 24.0 Å². The molecule has 1 rings (SSSR count). The van der Waals surface area contributed by atoms with Gasteiger partial charge in [0, 0.05) is 19.5 Å². The Morgan fingerprint density at radius 2 is 2.33 bits per heavy atom. The Labute approximate surface area is 74.1 Å². The number of unbranched alkanes of at least 4 members (excludes halogenated alkanes) is 2. The van der Waals surface area contributed by atoms with E-state index in [1.165, 1.54) is 6.42 Å². The van der Waals surface area contributed by atoms with Crippen LogP contribution >= 0.6 is 0 Å². The van der Waals surface area contributed by atoms with Crippen molar-refractivity contribution < 1.29 is 4.79 Å². The zero-order chi connectivity index (χ0) is 8.81. The van der Waals surface area contributed by atoms with Crippen LogP contribution in [0.15, 0.2) is 0 Å². The van der Waals surface area contributed by atoms with Crippen LogP contribution in [0.1, 0.15) is 39.0 Å². The lowest BCUT2D eigenvalue weighted by Gasteiger charge is -2.12. The summed E-state index contributed by atoms with van der Waals surface area (Å²) in [6.45, 7) is 3.81. The lowest BCUT2D eigenvalue weighted by Crippen LogP contribution is -2.31. The molecule has 0 aromatic heterocycles. The third-order valence-electron chi connectivity index (χ3n) is 2.08. The first-order chi connectivity index (χ1) is 5.84. The highest BCUT2D eigenvalue weighted by Crippen LogP contribution is 2.05. The smallest absolute Gasteiger partial charge is 0.238 e. The summed E-state index contributed by atoms with van der Waals surface area (Å²) in [6, 6.07) is 0. The lowest BCUT2D eigenvalue weighted by molar-refractivity contribution is -0.133. The van der Waals surface area contributed by atoms with Gasteiger partial charge in [0.05, 0.1) is 0 Å². The number of carbonyl (C=O) groups excluding carboxylic acids is 1. The molecule has 1 amide bonds. The second kappa shape index (κ2) is 5.14. The van der Waals surface area contributed by atoms with Crippen LogP contribution in [-0.2, 0) is 4.79 Å². The molecule has 0 saturated carbocycles. The summed E-state index contributed by atoms with van der Waals surface area (Å²) in [7, 11) is 0. The second-order valence-corrected chi connectivity index (χ2v) is 3.19. The molecule has 0 N–H and O–H groups in total. The molecule has 0 bridgehead atoms. The fourth-order valence-electron chi connectivity index (χ4n) is 1.34. The number of nitrogens with zero attached hydrogens (tertiary/aromatic N) is 2. The molecule has 1 aliphatic rings. The maximum absolute atomic E-state index is 11.4. The molecular formula is C9H17N2O. The van der Waals surface area contributed by atoms with Gasteiger partial charge in [0.1, 0.15) is 0 Å². The molecule has 0 aliphatic carbocycles. The maximum Gasteiger partial charge on any atom is 0.238 e. The molecule has 1 aliphatic heterocycles. The van der Waals surface area contributed by atoms with Crippen molar-refractivity contribution >= 4 is 5.91 Å². The Balaban J connectivity index is 2.10. The van der Waals surface area contributed by atoms with E-state index in [1.807, 2.05) is 0 Å². The first-order valence-electron chi connectivity index (χ1n) is 4.82. The molecule has 0 aromatic carbocycles. The van der Waals surface area contributed by atoms with Gasteiger partial charge in [-0.3, -0.25) is 9.80 Å². The summed E-state index contributed by atoms with van der Waals surface area (Å²) < 4.78 is 0. The monoisotopic (exact) mass is 169 g/mol. The van der Waals surface area contributed by atoms with E-state index in [0.29, 0.717) is 6.42 Å². The Morgan fingerprint density at radius 1 is 1.50 bits per heavy atom. The van der Waals surface area contributed by atoms with Crippen molar-refractivity contribution in [2.75, 3.05) is 13.1 Å². The first-order valence-corrected chi connectivity index (χ1v) is 4.82. The third kappa shape index (κ3) is 2.81. The standard InChI is InChI=1S/C9H17N2O/c1-2-3-4-6-9(12)11-8-5-7-10-11/h2-8H2,1H3. The Kier molecular flexibility index (Phi) is 4.08. The second-order valence-electron chi connectivity index (χ2n) is 3.19. The van der Waals surface area contributed by atoms with Crippen molar-refractivity contribution in [1.82, 2.24) is 10.4 Å². The Hall–Kier alpha value is -0.570. The van der Waals surface area contributed by atoms with Crippen molar-refractivity contribution in [3.8, 4) is 0 Å². The minimum absolute atomic E-state index is 0.209. The van der Waals surface area contributed by atoms with Gasteiger partial charge in [0.2, 0.25) is 5.91 Å². The van der Waals surface area contributed by atoms with Gasteiger partial charge in [-0.15, -0.1) is 5.43 Å². The van der Waals surface area contributed by atoms with Gasteiger partial charge in [0.15, 0.2) is 0 Å². The lowest BCUT2D eigenvalue weighted by atomic mass is 10.2. The average molecular weight is 169 g/mol. The van der Waals surface area contributed by atoms with Crippen LogP contribution in [0.3, 0.4) is 0 Å². The third-order valence-corrected chi connectivity index (χ3v) is 2.08. The maximum atomic E-state index is 11.4. The van der Waals surface area contributed by atoms with Gasteiger partial charge in [-0.05, 0) is 12.8 Å². The number of hydrogen-bond donors (Lipinski definition) is 0. The van der Waals surface area contributed by atoms with Crippen molar-refractivity contribution in [2.24, 2.45) is 0 Å². The van der Waals surface area contributed by atoms with E-state index < -0.39 is 0 Å². The molecule has 3 nitrogen and oxygen atoms in total. The van der Waals surface area contributed by atoms with Crippen LogP contribution in [0.4, 0.5) is 0 Å². The summed E-state index contributed by atoms with van der Waals surface area (Å²) in [6.07, 6.45) is 5.06. The summed E-state index contributed by atoms with van der Waals surface area (Å²) in [4.78, 5) is 11.4. The molecule has 3 heteroatoms. The van der Waals surface area contributed by atoms with E-state index in [2.05, 4.69) is 12.3 Å². The number of hydrogen-bond acceptors (Lipinski definition) is 1. The van der Waals surface area contributed by atoms with Crippen molar-refractivity contribution in [3.05, 3.63) is 0 Å². The number of rotatable bonds is 4. The average Bonchev–Trinajstić information content (AvgIpc) is 2.56. The number of carbonyl (C=O) groups is 1. The summed E-state index contributed by atoms with van der Waals surface area (Å²) in [5.74, 6) is 0.209. The molecule has 0 aromatic rings. The van der Waals surface area contributed by atoms with Crippen LogP contribution in [0.5, 0.6) is 0 Å². The zero-order valence-corrected chi connectivity index (χ0v) is 7.75. The first kappa shape index (κ1) is 9.52. The van der Waals surface area contributed by atoms with E-state index in [-0.39, 0.29) is 5.91 Å². The van der Waals surface area contributed by atoms with E-state index in [4.69, 9.17) is 0 Å². The fraction of sp³-hybridized carbons (Fsp3) is 0.889. The van der Waals surface area contributed by atoms with Gasteiger partial charge >= 0.3 is 0 Å². The summed E-state index contributed by atoms with van der Waals surface area (Å²) in [5.41, 5.74) is 4.10. The van der Waals surface area contributed by atoms with Crippen molar-refractivity contribution in [1.29, 1.82) is 0 Å². The van der Waals surface area contributed by atoms with Crippen LogP contribution in [0.2, 0.25) is 0 Å². The fourth-order valence-corrected chi connectivity index (χ4v) is 1.34. The van der Waals surface area contributed by atoms with Gasteiger partial charge in [-0.25, -0.2) is 0 Å². The minimum atomic E-state index is 0.209. The van der Waals surface area contributed by atoms with E-state index in [1.54, 1.807) is 5.01 Å². The molecule has 1 heterocycles. The van der Waals surface area contributed by atoms with E-state index >= 15 is 0 Å². The molecule has 69 valence electrons. The molecule has 1 radical (unpaired) electrons. The van der Waals surface area contributed by atoms with Gasteiger partial charge in [-0.2, -0.15) is 0 Å². The van der Waals surface area contributed by atoms with Crippen molar-refractivity contribution in [2.45, 2.75) is 39.0 Å². The van der Waals surface area contributed by atoms with Gasteiger partial charge < -0.3 is 0 Å². The Bertz CT molecular complexity index is 141. The quantitative estimate of drug-likeness (QED) is 0.584. The SMILES string of the molecule is CCCCCC(=O)N1CCC[N]1. The van der Waals surface area contributed by atoms with Crippen LogP contribution in [0.25, 0.3) is 0 Å². The van der Waals surface area contributed by atoms with Crippen molar-refractivity contribution in [3.63, 3.8) is 0 Å². The molecule has 0 atom stereocenters. The highest BCUT2D eigenvalue weighted by atomic mass is 16.2. The molecular weight excluding hydrogens is 152 g/mol. The summed E-state index contributed by atoms with van der Waals surface area (Å²) in [5, 5.41) is 1.63. The molecule has 0 unspecified atom stereocenters. The normalized spacial score (nSPS) is 16.9. The largest absolute Gasteiger partial charge is 0.273 e. The zero-order valence-electron chi connectivity index (χ0n) is 7.75. The summed E-state index contributed by atoms with van der Waals surface area (Å²) >= 11 is 0. The molecule has 0 spiro atoms. The van der Waals surface area contributed by atoms with E-state index in [0.717, 1.165) is 32.4 Å². The molecule has 1 saturated heterocycles. The van der Waals surface area contributed by atoms with Gasteiger partial charge in [0.25, 0.3) is 0 Å². The topological polar surface area (TPSA) is 34.4 Å². The molecule has 1 fully saturated rings. The highest BCUT2D eigenvalue weighted by molar-refractivity contribution is 5.75. The minimum Gasteiger partial charge on any atom is -0.273 e. The predicted molar refractivity (Wildman–Crippen MR) is 47.5 cm³/mol. The Morgan fingerprint density at radius 3 is 2.92 bits per heavy atom. The van der Waals surface area contributed by atoms with Gasteiger partial charge in [-0.1, -0.05) is 19.8 Å². The molecule has 12 heavy (non-hydrogen) atoms. The predicted octanol–water partition coefficient (Wildman–Crippen LogP) is 1.32. The van der Waals surface area contributed by atoms with Crippen LogP contribution in [0, 0.1) is 0 Å². The highest BCUT2D eigenvalue weighted by Gasteiger charge is 2.17. The van der Waals surface area contributed by atoms with Crippen LogP contribution < -0.4 is 5.43 Å². The van der Waals surface area contributed by atoms with E-state index in [9.17, 15) is 4.79 Å².